The topological polar surface area (TPSA) is 67.4 Å². The van der Waals surface area contributed by atoms with E-state index in [1.807, 2.05) is 31.2 Å². The summed E-state index contributed by atoms with van der Waals surface area (Å²) in [6.07, 6.45) is 0.899. The zero-order valence-corrected chi connectivity index (χ0v) is 15.8. The predicted molar refractivity (Wildman–Crippen MR) is 103 cm³/mol. The lowest BCUT2D eigenvalue weighted by atomic mass is 10.2. The minimum atomic E-state index is -0.683. The van der Waals surface area contributed by atoms with Crippen molar-refractivity contribution in [1.82, 2.24) is 10.6 Å². The van der Waals surface area contributed by atoms with Crippen LogP contribution < -0.4 is 15.4 Å². The van der Waals surface area contributed by atoms with Gasteiger partial charge in [0.25, 0.3) is 5.91 Å². The van der Waals surface area contributed by atoms with Crippen LogP contribution in [0.4, 0.5) is 4.39 Å². The molecule has 2 rings (SSSR count). The molecule has 0 aliphatic rings. The van der Waals surface area contributed by atoms with Crippen LogP contribution in [0.15, 0.2) is 42.5 Å². The van der Waals surface area contributed by atoms with Gasteiger partial charge in [-0.3, -0.25) is 9.59 Å². The highest BCUT2D eigenvalue weighted by atomic mass is 35.5. The molecule has 5 nitrogen and oxygen atoms in total. The number of halogens is 2. The molecule has 0 spiro atoms. The molecule has 2 amide bonds. The zero-order valence-electron chi connectivity index (χ0n) is 15.1. The number of rotatable bonds is 9. The molecule has 2 aromatic rings. The molecule has 2 aromatic carbocycles. The summed E-state index contributed by atoms with van der Waals surface area (Å²) in [6, 6.07) is 11.7. The normalized spacial score (nSPS) is 10.3. The fourth-order valence-electron chi connectivity index (χ4n) is 2.40. The molecule has 0 bridgehead atoms. The molecule has 144 valence electrons. The number of benzene rings is 2. The van der Waals surface area contributed by atoms with Gasteiger partial charge in [-0.05, 0) is 37.1 Å². The van der Waals surface area contributed by atoms with Crippen molar-refractivity contribution in [3.05, 3.63) is 64.4 Å². The Morgan fingerprint density at radius 1 is 1.07 bits per heavy atom. The summed E-state index contributed by atoms with van der Waals surface area (Å²) in [6.45, 7) is 2.83. The van der Waals surface area contributed by atoms with E-state index >= 15 is 0 Å². The summed E-state index contributed by atoms with van der Waals surface area (Å²) in [5.74, 6) is -0.620. The van der Waals surface area contributed by atoms with Gasteiger partial charge in [0.15, 0.2) is 0 Å². The number of para-hydroxylation sites is 1. The Morgan fingerprint density at radius 2 is 1.81 bits per heavy atom. The lowest BCUT2D eigenvalue weighted by Crippen LogP contribution is -2.35. The molecule has 0 aliphatic heterocycles. The maximum Gasteiger partial charge on any atom is 0.255 e. The summed E-state index contributed by atoms with van der Waals surface area (Å²) >= 11 is 5.83. The number of hydrogen-bond acceptors (Lipinski definition) is 3. The molecule has 0 aliphatic carbocycles. The van der Waals surface area contributed by atoms with Gasteiger partial charge in [-0.1, -0.05) is 35.9 Å². The second kappa shape index (κ2) is 10.5. The van der Waals surface area contributed by atoms with Crippen LogP contribution in [0, 0.1) is 12.7 Å². The van der Waals surface area contributed by atoms with Crippen molar-refractivity contribution in [1.29, 1.82) is 0 Å². The first-order valence-corrected chi connectivity index (χ1v) is 9.04. The minimum absolute atomic E-state index is 0.0465. The molecule has 0 saturated heterocycles. The van der Waals surface area contributed by atoms with Gasteiger partial charge in [0.1, 0.15) is 11.6 Å². The van der Waals surface area contributed by atoms with E-state index in [9.17, 15) is 14.0 Å². The first-order chi connectivity index (χ1) is 13.0. The number of carbonyl (C=O) groups excluding carboxylic acids is 2. The van der Waals surface area contributed by atoms with E-state index in [1.165, 1.54) is 18.2 Å². The highest BCUT2D eigenvalue weighted by molar-refractivity contribution is 6.33. The van der Waals surface area contributed by atoms with Crippen LogP contribution in [0.2, 0.25) is 5.02 Å². The van der Waals surface area contributed by atoms with Gasteiger partial charge in [0, 0.05) is 19.5 Å². The molecule has 7 heteroatoms. The average Bonchev–Trinajstić information content (AvgIpc) is 2.63. The van der Waals surface area contributed by atoms with Crippen molar-refractivity contribution in [2.24, 2.45) is 0 Å². The molecular formula is C20H22ClFN2O3. The summed E-state index contributed by atoms with van der Waals surface area (Å²) in [7, 11) is 0. The van der Waals surface area contributed by atoms with Gasteiger partial charge in [0.2, 0.25) is 5.91 Å². The van der Waals surface area contributed by atoms with Crippen LogP contribution in [-0.2, 0) is 4.79 Å². The SMILES string of the molecule is Cc1ccccc1OCCCC(=O)NCCNC(=O)c1c(F)cccc1Cl. The van der Waals surface area contributed by atoms with Crippen molar-refractivity contribution in [2.45, 2.75) is 19.8 Å². The van der Waals surface area contributed by atoms with E-state index in [4.69, 9.17) is 16.3 Å². The molecule has 27 heavy (non-hydrogen) atoms. The van der Waals surface area contributed by atoms with E-state index in [0.29, 0.717) is 19.4 Å². The lowest BCUT2D eigenvalue weighted by Gasteiger charge is -2.10. The molecule has 2 N–H and O–H groups in total. The first-order valence-electron chi connectivity index (χ1n) is 8.66. The Bertz CT molecular complexity index is 778. The van der Waals surface area contributed by atoms with Gasteiger partial charge >= 0.3 is 0 Å². The third-order valence-electron chi connectivity index (χ3n) is 3.82. The number of hydrogen-bond donors (Lipinski definition) is 2. The molecule has 0 radical (unpaired) electrons. The number of aryl methyl sites for hydroxylation is 1. The summed E-state index contributed by atoms with van der Waals surface area (Å²) in [4.78, 5) is 23.7. The van der Waals surface area contributed by atoms with Crippen molar-refractivity contribution >= 4 is 23.4 Å². The summed E-state index contributed by atoms with van der Waals surface area (Å²) in [5, 5.41) is 5.27. The Balaban J connectivity index is 1.61. The van der Waals surface area contributed by atoms with E-state index in [0.717, 1.165) is 11.3 Å². The minimum Gasteiger partial charge on any atom is -0.493 e. The largest absolute Gasteiger partial charge is 0.493 e. The quantitative estimate of drug-likeness (QED) is 0.642. The second-order valence-electron chi connectivity index (χ2n) is 5.92. The standard InChI is InChI=1S/C20H22ClFN2O3/c1-14-6-2-3-9-17(14)27-13-5-10-18(25)23-11-12-24-20(26)19-15(21)7-4-8-16(19)22/h2-4,6-9H,5,10-13H2,1H3,(H,23,25)(H,24,26). The van der Waals surface area contributed by atoms with Crippen LogP contribution in [0.25, 0.3) is 0 Å². The summed E-state index contributed by atoms with van der Waals surface area (Å²) in [5.41, 5.74) is 0.853. The van der Waals surface area contributed by atoms with Crippen LogP contribution >= 0.6 is 11.6 Å². The van der Waals surface area contributed by atoms with E-state index in [2.05, 4.69) is 10.6 Å². The van der Waals surface area contributed by atoms with Crippen LogP contribution in [0.3, 0.4) is 0 Å². The van der Waals surface area contributed by atoms with E-state index in [1.54, 1.807) is 0 Å². The second-order valence-corrected chi connectivity index (χ2v) is 6.33. The monoisotopic (exact) mass is 392 g/mol. The maximum atomic E-state index is 13.6. The lowest BCUT2D eigenvalue weighted by molar-refractivity contribution is -0.121. The van der Waals surface area contributed by atoms with Crippen molar-refractivity contribution in [2.75, 3.05) is 19.7 Å². The molecule has 0 atom stereocenters. The predicted octanol–water partition coefficient (Wildman–Crippen LogP) is 3.49. The summed E-state index contributed by atoms with van der Waals surface area (Å²) < 4.78 is 19.3. The van der Waals surface area contributed by atoms with Crippen LogP contribution in [0.1, 0.15) is 28.8 Å². The maximum absolute atomic E-state index is 13.6. The van der Waals surface area contributed by atoms with Gasteiger partial charge in [-0.15, -0.1) is 0 Å². The van der Waals surface area contributed by atoms with Gasteiger partial charge in [0.05, 0.1) is 17.2 Å². The number of carbonyl (C=O) groups is 2. The third-order valence-corrected chi connectivity index (χ3v) is 4.14. The van der Waals surface area contributed by atoms with Crippen LogP contribution in [0.5, 0.6) is 5.75 Å². The van der Waals surface area contributed by atoms with Crippen molar-refractivity contribution in [3.63, 3.8) is 0 Å². The fourth-order valence-corrected chi connectivity index (χ4v) is 2.65. The number of amides is 2. The van der Waals surface area contributed by atoms with Gasteiger partial charge < -0.3 is 15.4 Å². The highest BCUT2D eigenvalue weighted by Gasteiger charge is 2.15. The fraction of sp³-hybridized carbons (Fsp3) is 0.300. The molecule has 0 aromatic heterocycles. The third kappa shape index (κ3) is 6.57. The Hall–Kier alpha value is -2.60. The Labute approximate surface area is 162 Å². The molecule has 0 heterocycles. The Morgan fingerprint density at radius 3 is 2.56 bits per heavy atom. The molecule has 0 unspecified atom stereocenters. The zero-order chi connectivity index (χ0) is 19.6. The number of ether oxygens (including phenoxy) is 1. The molecule has 0 saturated carbocycles. The first kappa shape index (κ1) is 20.7. The van der Waals surface area contributed by atoms with Gasteiger partial charge in [-0.2, -0.15) is 0 Å². The van der Waals surface area contributed by atoms with Crippen LogP contribution in [-0.4, -0.2) is 31.5 Å². The van der Waals surface area contributed by atoms with Crippen molar-refractivity contribution in [3.8, 4) is 5.75 Å². The Kier molecular flexibility index (Phi) is 8.07. The van der Waals surface area contributed by atoms with E-state index < -0.39 is 11.7 Å². The smallest absolute Gasteiger partial charge is 0.255 e. The highest BCUT2D eigenvalue weighted by Crippen LogP contribution is 2.18. The molecular weight excluding hydrogens is 371 g/mol. The number of nitrogens with one attached hydrogen (secondary N) is 2. The molecule has 0 fully saturated rings. The van der Waals surface area contributed by atoms with Crippen molar-refractivity contribution < 1.29 is 18.7 Å². The van der Waals surface area contributed by atoms with Gasteiger partial charge in [-0.25, -0.2) is 4.39 Å². The van der Waals surface area contributed by atoms with E-state index in [-0.39, 0.29) is 29.6 Å². The average molecular weight is 393 g/mol.